The zero-order valence-electron chi connectivity index (χ0n) is 12.6. The second kappa shape index (κ2) is 5.27. The smallest absolute Gasteiger partial charge is 0.229 e. The molecule has 1 atom stereocenters. The second-order valence-electron chi connectivity index (χ2n) is 6.46. The molecule has 0 radical (unpaired) electrons. The van der Waals surface area contributed by atoms with Gasteiger partial charge in [-0.25, -0.2) is 0 Å². The predicted molar refractivity (Wildman–Crippen MR) is 79.5 cm³/mol. The number of hydrogen-bond donors (Lipinski definition) is 1. The Labute approximate surface area is 120 Å². The largest absolute Gasteiger partial charge is 0.351 e. The third kappa shape index (κ3) is 3.18. The highest BCUT2D eigenvalue weighted by Crippen LogP contribution is 2.23. The Bertz CT molecular complexity index is 514. The van der Waals surface area contributed by atoms with Crippen LogP contribution in [0.1, 0.15) is 32.8 Å². The molecule has 4 heteroatoms. The molecule has 2 amide bonds. The second-order valence-corrected chi connectivity index (χ2v) is 6.46. The molecule has 20 heavy (non-hydrogen) atoms. The topological polar surface area (TPSA) is 49.4 Å². The molecule has 1 fully saturated rings. The van der Waals surface area contributed by atoms with Gasteiger partial charge >= 0.3 is 0 Å². The first-order chi connectivity index (χ1) is 9.27. The fourth-order valence-electron chi connectivity index (χ4n) is 2.18. The number of nitrogens with zero attached hydrogens (tertiary/aromatic N) is 1. The van der Waals surface area contributed by atoms with Crippen LogP contribution in [0.25, 0.3) is 0 Å². The van der Waals surface area contributed by atoms with Crippen LogP contribution in [0, 0.1) is 12.3 Å². The van der Waals surface area contributed by atoms with Gasteiger partial charge in [0.2, 0.25) is 11.8 Å². The number of nitrogens with one attached hydrogen (secondary N) is 1. The van der Waals surface area contributed by atoms with Gasteiger partial charge in [0.25, 0.3) is 0 Å². The van der Waals surface area contributed by atoms with Crippen LogP contribution in [0.4, 0.5) is 5.69 Å². The van der Waals surface area contributed by atoms with Gasteiger partial charge in [0.15, 0.2) is 0 Å². The average Bonchev–Trinajstić information content (AvgIpc) is 2.70. The molecule has 1 heterocycles. The third-order valence-electron chi connectivity index (χ3n) is 3.49. The first-order valence-corrected chi connectivity index (χ1v) is 6.95. The molecule has 0 spiro atoms. The van der Waals surface area contributed by atoms with Crippen molar-refractivity contribution >= 4 is 17.5 Å². The minimum Gasteiger partial charge on any atom is -0.351 e. The summed E-state index contributed by atoms with van der Waals surface area (Å²) in [4.78, 5) is 25.8. The number of anilines is 1. The molecular weight excluding hydrogens is 252 g/mol. The van der Waals surface area contributed by atoms with Crippen LogP contribution >= 0.6 is 0 Å². The van der Waals surface area contributed by atoms with Gasteiger partial charge < -0.3 is 10.2 Å². The zero-order valence-corrected chi connectivity index (χ0v) is 12.6. The van der Waals surface area contributed by atoms with Crippen LogP contribution in [0.15, 0.2) is 24.3 Å². The SMILES string of the molecule is Cc1ccc(N2C[C@H](NC(=O)C(C)(C)C)CC2=O)cc1. The first kappa shape index (κ1) is 14.6. The fourth-order valence-corrected chi connectivity index (χ4v) is 2.18. The predicted octanol–water partition coefficient (Wildman–Crippen LogP) is 2.26. The Morgan fingerprint density at radius 3 is 2.40 bits per heavy atom. The molecule has 1 aliphatic rings. The molecule has 1 aromatic carbocycles. The summed E-state index contributed by atoms with van der Waals surface area (Å²) < 4.78 is 0. The Morgan fingerprint density at radius 1 is 1.25 bits per heavy atom. The third-order valence-corrected chi connectivity index (χ3v) is 3.49. The van der Waals surface area contributed by atoms with Crippen molar-refractivity contribution in [2.45, 2.75) is 40.2 Å². The quantitative estimate of drug-likeness (QED) is 0.899. The Morgan fingerprint density at radius 2 is 1.85 bits per heavy atom. The average molecular weight is 274 g/mol. The molecule has 0 aromatic heterocycles. The van der Waals surface area contributed by atoms with Crippen molar-refractivity contribution < 1.29 is 9.59 Å². The van der Waals surface area contributed by atoms with E-state index in [1.807, 2.05) is 52.0 Å². The highest BCUT2D eigenvalue weighted by atomic mass is 16.2. The summed E-state index contributed by atoms with van der Waals surface area (Å²) >= 11 is 0. The van der Waals surface area contributed by atoms with E-state index in [0.29, 0.717) is 13.0 Å². The van der Waals surface area contributed by atoms with Crippen LogP contribution < -0.4 is 10.2 Å². The van der Waals surface area contributed by atoms with Gasteiger partial charge in [-0.15, -0.1) is 0 Å². The lowest BCUT2D eigenvalue weighted by molar-refractivity contribution is -0.129. The van der Waals surface area contributed by atoms with E-state index in [0.717, 1.165) is 11.3 Å². The van der Waals surface area contributed by atoms with E-state index in [1.54, 1.807) is 4.90 Å². The van der Waals surface area contributed by atoms with E-state index in [9.17, 15) is 9.59 Å². The highest BCUT2D eigenvalue weighted by Gasteiger charge is 2.33. The van der Waals surface area contributed by atoms with E-state index >= 15 is 0 Å². The Balaban J connectivity index is 2.04. The standard InChI is InChI=1S/C16H22N2O2/c1-11-5-7-13(8-6-11)18-10-12(9-14(18)19)17-15(20)16(2,3)4/h5-8,12H,9-10H2,1-4H3,(H,17,20)/t12-/m1/s1. The number of carbonyl (C=O) groups excluding carboxylic acids is 2. The molecule has 1 saturated heterocycles. The number of benzene rings is 1. The lowest BCUT2D eigenvalue weighted by Gasteiger charge is -2.22. The maximum absolute atomic E-state index is 12.1. The first-order valence-electron chi connectivity index (χ1n) is 6.95. The lowest BCUT2D eigenvalue weighted by Crippen LogP contribution is -2.43. The van der Waals surface area contributed by atoms with Gasteiger partial charge in [-0.2, -0.15) is 0 Å². The van der Waals surface area contributed by atoms with Crippen LogP contribution in [0.5, 0.6) is 0 Å². The Kier molecular flexibility index (Phi) is 3.84. The molecule has 0 bridgehead atoms. The minimum absolute atomic E-state index is 0.0129. The summed E-state index contributed by atoms with van der Waals surface area (Å²) in [5.41, 5.74) is 1.63. The van der Waals surface area contributed by atoms with Crippen molar-refractivity contribution in [1.29, 1.82) is 0 Å². The van der Waals surface area contributed by atoms with Crippen LogP contribution in [-0.2, 0) is 9.59 Å². The van der Waals surface area contributed by atoms with Crippen LogP contribution in [0.3, 0.4) is 0 Å². The summed E-state index contributed by atoms with van der Waals surface area (Å²) in [6.45, 7) is 8.18. The number of aryl methyl sites for hydroxylation is 1. The van der Waals surface area contributed by atoms with E-state index in [4.69, 9.17) is 0 Å². The summed E-state index contributed by atoms with van der Waals surface area (Å²) in [5.74, 6) is 0.0501. The van der Waals surface area contributed by atoms with Crippen molar-refractivity contribution in [3.05, 3.63) is 29.8 Å². The van der Waals surface area contributed by atoms with Gasteiger partial charge in [0, 0.05) is 24.1 Å². The summed E-state index contributed by atoms with van der Waals surface area (Å²) in [7, 11) is 0. The molecule has 2 rings (SSSR count). The van der Waals surface area contributed by atoms with E-state index in [1.165, 1.54) is 0 Å². The molecule has 0 unspecified atom stereocenters. The lowest BCUT2D eigenvalue weighted by atomic mass is 9.95. The van der Waals surface area contributed by atoms with Crippen molar-refractivity contribution in [3.8, 4) is 0 Å². The van der Waals surface area contributed by atoms with Crippen molar-refractivity contribution in [3.63, 3.8) is 0 Å². The maximum Gasteiger partial charge on any atom is 0.229 e. The zero-order chi connectivity index (χ0) is 14.9. The van der Waals surface area contributed by atoms with E-state index in [-0.39, 0.29) is 17.9 Å². The maximum atomic E-state index is 12.1. The van der Waals surface area contributed by atoms with Crippen LogP contribution in [0.2, 0.25) is 0 Å². The van der Waals surface area contributed by atoms with E-state index < -0.39 is 5.41 Å². The van der Waals surface area contributed by atoms with Gasteiger partial charge in [-0.3, -0.25) is 9.59 Å². The van der Waals surface area contributed by atoms with Crippen LogP contribution in [-0.4, -0.2) is 24.4 Å². The summed E-state index contributed by atoms with van der Waals surface area (Å²) in [6, 6.07) is 7.77. The summed E-state index contributed by atoms with van der Waals surface area (Å²) in [6.07, 6.45) is 0.371. The number of rotatable bonds is 2. The van der Waals surface area contributed by atoms with Crippen molar-refractivity contribution in [2.24, 2.45) is 5.41 Å². The van der Waals surface area contributed by atoms with Crippen molar-refractivity contribution in [1.82, 2.24) is 5.32 Å². The summed E-state index contributed by atoms with van der Waals surface area (Å²) in [5, 5.41) is 2.96. The highest BCUT2D eigenvalue weighted by molar-refractivity contribution is 5.97. The molecular formula is C16H22N2O2. The van der Waals surface area contributed by atoms with Gasteiger partial charge in [-0.1, -0.05) is 38.5 Å². The van der Waals surface area contributed by atoms with E-state index in [2.05, 4.69) is 5.32 Å². The monoisotopic (exact) mass is 274 g/mol. The Hall–Kier alpha value is -1.84. The number of amides is 2. The molecule has 0 aliphatic carbocycles. The number of carbonyl (C=O) groups is 2. The molecule has 4 nitrogen and oxygen atoms in total. The fraction of sp³-hybridized carbons (Fsp3) is 0.500. The van der Waals surface area contributed by atoms with Gasteiger partial charge in [0.1, 0.15) is 0 Å². The normalized spacial score (nSPS) is 19.3. The molecule has 108 valence electrons. The number of hydrogen-bond acceptors (Lipinski definition) is 2. The molecule has 1 aromatic rings. The van der Waals surface area contributed by atoms with Gasteiger partial charge in [-0.05, 0) is 19.1 Å². The van der Waals surface area contributed by atoms with Gasteiger partial charge in [0.05, 0.1) is 6.04 Å². The minimum atomic E-state index is -0.430. The molecule has 0 saturated carbocycles. The molecule has 1 N–H and O–H groups in total. The van der Waals surface area contributed by atoms with Crippen molar-refractivity contribution in [2.75, 3.05) is 11.4 Å². The molecule has 1 aliphatic heterocycles.